The number of amides is 1. The number of imidazole rings is 1. The molecule has 1 saturated heterocycles. The Hall–Kier alpha value is -3.47. The molecule has 0 bridgehead atoms. The topological polar surface area (TPSA) is 37.6 Å². The number of fused-ring (bicyclic) bond motifs is 1. The number of likely N-dealkylation sites (tertiary alicyclic amines) is 1. The summed E-state index contributed by atoms with van der Waals surface area (Å²) >= 11 is 0. The standard InChI is InChI=1S/C29H30FN3O/c1-21-7-5-12-28-31-20-27(33(21)28)26(24-10-6-11-25(30)18-24)19-29(34)32-15-13-23(14-16-32)17-22-8-3-2-4-9-22/h2-12,18,20,23,26H,13-17,19H2,1H3. The van der Waals surface area contributed by atoms with Gasteiger partial charge in [-0.2, -0.15) is 0 Å². The van der Waals surface area contributed by atoms with E-state index in [1.54, 1.807) is 12.1 Å². The molecule has 1 aliphatic rings. The summed E-state index contributed by atoms with van der Waals surface area (Å²) < 4.78 is 16.2. The number of hydrogen-bond donors (Lipinski definition) is 0. The Labute approximate surface area is 200 Å². The quantitative estimate of drug-likeness (QED) is 0.369. The monoisotopic (exact) mass is 455 g/mol. The van der Waals surface area contributed by atoms with E-state index in [4.69, 9.17) is 0 Å². The highest BCUT2D eigenvalue weighted by Crippen LogP contribution is 2.32. The maximum absolute atomic E-state index is 14.2. The van der Waals surface area contributed by atoms with Gasteiger partial charge in [-0.05, 0) is 67.5 Å². The van der Waals surface area contributed by atoms with E-state index in [1.165, 1.54) is 11.6 Å². The fourth-order valence-electron chi connectivity index (χ4n) is 5.23. The zero-order valence-corrected chi connectivity index (χ0v) is 19.5. The number of aromatic nitrogens is 2. The molecule has 0 aliphatic carbocycles. The molecule has 0 N–H and O–H groups in total. The van der Waals surface area contributed by atoms with Gasteiger partial charge in [0.1, 0.15) is 11.5 Å². The molecule has 2 aromatic heterocycles. The average Bonchev–Trinajstić information content (AvgIpc) is 3.29. The molecule has 174 valence electrons. The van der Waals surface area contributed by atoms with Crippen molar-refractivity contribution in [1.29, 1.82) is 0 Å². The third-order valence-electron chi connectivity index (χ3n) is 7.07. The summed E-state index contributed by atoms with van der Waals surface area (Å²) in [5.74, 6) is 0.173. The van der Waals surface area contributed by atoms with Crippen molar-refractivity contribution in [2.24, 2.45) is 5.92 Å². The fraction of sp³-hybridized carbons (Fsp3) is 0.310. The molecule has 0 saturated carbocycles. The van der Waals surface area contributed by atoms with Gasteiger partial charge in [0.2, 0.25) is 5.91 Å². The molecule has 0 spiro atoms. The normalized spacial score (nSPS) is 15.5. The molecule has 1 atom stereocenters. The van der Waals surface area contributed by atoms with Gasteiger partial charge in [0, 0.05) is 37.3 Å². The first-order valence-corrected chi connectivity index (χ1v) is 12.1. The number of rotatable bonds is 6. The lowest BCUT2D eigenvalue weighted by atomic mass is 9.88. The van der Waals surface area contributed by atoms with Gasteiger partial charge in [0.05, 0.1) is 5.69 Å². The predicted molar refractivity (Wildman–Crippen MR) is 132 cm³/mol. The molecular formula is C29H30FN3O. The van der Waals surface area contributed by atoms with E-state index >= 15 is 0 Å². The van der Waals surface area contributed by atoms with E-state index in [-0.39, 0.29) is 17.6 Å². The van der Waals surface area contributed by atoms with Gasteiger partial charge in [-0.1, -0.05) is 48.5 Å². The largest absolute Gasteiger partial charge is 0.343 e. The average molecular weight is 456 g/mol. The van der Waals surface area contributed by atoms with Gasteiger partial charge in [-0.15, -0.1) is 0 Å². The van der Waals surface area contributed by atoms with Gasteiger partial charge in [0.25, 0.3) is 0 Å². The van der Waals surface area contributed by atoms with Crippen LogP contribution in [0.25, 0.3) is 5.65 Å². The van der Waals surface area contributed by atoms with Gasteiger partial charge in [-0.3, -0.25) is 4.79 Å². The smallest absolute Gasteiger partial charge is 0.223 e. The van der Waals surface area contributed by atoms with Crippen LogP contribution in [-0.2, 0) is 11.2 Å². The highest BCUT2D eigenvalue weighted by atomic mass is 19.1. The van der Waals surface area contributed by atoms with Crippen LogP contribution in [0.3, 0.4) is 0 Å². The van der Waals surface area contributed by atoms with E-state index < -0.39 is 0 Å². The molecule has 5 heteroatoms. The third-order valence-corrected chi connectivity index (χ3v) is 7.07. The van der Waals surface area contributed by atoms with Crippen LogP contribution in [0.5, 0.6) is 0 Å². The first-order valence-electron chi connectivity index (χ1n) is 12.1. The van der Waals surface area contributed by atoms with Crippen molar-refractivity contribution in [3.63, 3.8) is 0 Å². The number of piperidine rings is 1. The summed E-state index contributed by atoms with van der Waals surface area (Å²) in [5.41, 5.74) is 4.97. The lowest BCUT2D eigenvalue weighted by Gasteiger charge is -2.33. The lowest BCUT2D eigenvalue weighted by molar-refractivity contribution is -0.132. The van der Waals surface area contributed by atoms with Crippen molar-refractivity contribution in [2.45, 2.75) is 38.5 Å². The molecule has 1 amide bonds. The Bertz CT molecular complexity index is 1280. The Morgan fingerprint density at radius 1 is 1.03 bits per heavy atom. The number of hydrogen-bond acceptors (Lipinski definition) is 2. The highest BCUT2D eigenvalue weighted by molar-refractivity contribution is 5.78. The Kier molecular flexibility index (Phi) is 6.43. The number of aryl methyl sites for hydroxylation is 1. The molecule has 1 fully saturated rings. The minimum atomic E-state index is -0.290. The number of pyridine rings is 1. The van der Waals surface area contributed by atoms with Crippen molar-refractivity contribution < 1.29 is 9.18 Å². The summed E-state index contributed by atoms with van der Waals surface area (Å²) in [6.07, 6.45) is 5.22. The van der Waals surface area contributed by atoms with Crippen LogP contribution in [0.2, 0.25) is 0 Å². The molecule has 4 nitrogen and oxygen atoms in total. The summed E-state index contributed by atoms with van der Waals surface area (Å²) in [7, 11) is 0. The summed E-state index contributed by atoms with van der Waals surface area (Å²) in [5, 5.41) is 0. The molecule has 2 aromatic carbocycles. The number of carbonyl (C=O) groups is 1. The molecule has 1 aliphatic heterocycles. The Balaban J connectivity index is 1.34. The third kappa shape index (κ3) is 4.74. The minimum Gasteiger partial charge on any atom is -0.343 e. The van der Waals surface area contributed by atoms with Gasteiger partial charge in [0.15, 0.2) is 0 Å². The summed E-state index contributed by atoms with van der Waals surface area (Å²) in [4.78, 5) is 20.0. The van der Waals surface area contributed by atoms with Gasteiger partial charge < -0.3 is 9.30 Å². The number of halogens is 1. The molecule has 3 heterocycles. The fourth-order valence-corrected chi connectivity index (χ4v) is 5.23. The van der Waals surface area contributed by atoms with Gasteiger partial charge in [-0.25, -0.2) is 9.37 Å². The molecular weight excluding hydrogens is 425 g/mol. The van der Waals surface area contributed by atoms with Crippen molar-refractivity contribution in [3.8, 4) is 0 Å². The van der Waals surface area contributed by atoms with Crippen LogP contribution in [0.4, 0.5) is 4.39 Å². The van der Waals surface area contributed by atoms with E-state index in [2.05, 4.69) is 33.7 Å². The van der Waals surface area contributed by atoms with E-state index in [0.717, 1.165) is 55.0 Å². The summed E-state index contributed by atoms with van der Waals surface area (Å²) in [6.45, 7) is 3.58. The molecule has 5 rings (SSSR count). The first kappa shape index (κ1) is 22.3. The lowest BCUT2D eigenvalue weighted by Crippen LogP contribution is -2.39. The zero-order chi connectivity index (χ0) is 23.5. The molecule has 4 aromatic rings. The van der Waals surface area contributed by atoms with Crippen LogP contribution in [0.1, 0.15) is 47.7 Å². The van der Waals surface area contributed by atoms with E-state index in [9.17, 15) is 9.18 Å². The van der Waals surface area contributed by atoms with Gasteiger partial charge >= 0.3 is 0 Å². The van der Waals surface area contributed by atoms with Crippen molar-refractivity contribution in [3.05, 3.63) is 107 Å². The van der Waals surface area contributed by atoms with Crippen LogP contribution >= 0.6 is 0 Å². The van der Waals surface area contributed by atoms with Crippen LogP contribution in [-0.4, -0.2) is 33.3 Å². The minimum absolute atomic E-state index is 0.121. The SMILES string of the molecule is Cc1cccc2ncc(C(CC(=O)N3CCC(Cc4ccccc4)CC3)c3cccc(F)c3)n12. The Morgan fingerprint density at radius 3 is 2.56 bits per heavy atom. The van der Waals surface area contributed by atoms with Crippen molar-refractivity contribution in [1.82, 2.24) is 14.3 Å². The zero-order valence-electron chi connectivity index (χ0n) is 19.5. The second kappa shape index (κ2) is 9.80. The van der Waals surface area contributed by atoms with E-state index in [1.807, 2.05) is 48.4 Å². The predicted octanol–water partition coefficient (Wildman–Crippen LogP) is 5.79. The molecule has 34 heavy (non-hydrogen) atoms. The maximum atomic E-state index is 14.2. The highest BCUT2D eigenvalue weighted by Gasteiger charge is 2.28. The van der Waals surface area contributed by atoms with E-state index in [0.29, 0.717) is 12.3 Å². The molecule has 1 unspecified atom stereocenters. The number of carbonyl (C=O) groups excluding carboxylic acids is 1. The Morgan fingerprint density at radius 2 is 1.79 bits per heavy atom. The van der Waals surface area contributed by atoms with Crippen LogP contribution < -0.4 is 0 Å². The number of benzene rings is 2. The van der Waals surface area contributed by atoms with Crippen LogP contribution in [0.15, 0.2) is 79.0 Å². The number of nitrogens with zero attached hydrogens (tertiary/aromatic N) is 3. The summed E-state index contributed by atoms with van der Waals surface area (Å²) in [6, 6.07) is 23.1. The first-order chi connectivity index (χ1) is 16.6. The second-order valence-corrected chi connectivity index (χ2v) is 9.37. The molecule has 0 radical (unpaired) electrons. The maximum Gasteiger partial charge on any atom is 0.223 e. The van der Waals surface area contributed by atoms with Crippen molar-refractivity contribution >= 4 is 11.6 Å². The second-order valence-electron chi connectivity index (χ2n) is 9.37. The van der Waals surface area contributed by atoms with Crippen LogP contribution in [0, 0.1) is 18.7 Å². The van der Waals surface area contributed by atoms with Crippen molar-refractivity contribution in [2.75, 3.05) is 13.1 Å².